The first-order valence-corrected chi connectivity index (χ1v) is 6.91. The summed E-state index contributed by atoms with van der Waals surface area (Å²) < 4.78 is 7.49. The monoisotopic (exact) mass is 273 g/mol. The average Bonchev–Trinajstić information content (AvgIpc) is 2.87. The molecule has 0 amide bonds. The second-order valence-corrected chi connectivity index (χ2v) is 5.35. The third-order valence-corrected chi connectivity index (χ3v) is 3.82. The summed E-state index contributed by atoms with van der Waals surface area (Å²) >= 11 is 0. The lowest BCUT2D eigenvalue weighted by atomic mass is 10.0. The maximum atomic E-state index is 6.10. The summed E-state index contributed by atoms with van der Waals surface area (Å²) in [4.78, 5) is 0. The molecule has 2 aromatic rings. The molecule has 3 rings (SSSR count). The predicted molar refractivity (Wildman–Crippen MR) is 76.1 cm³/mol. The van der Waals surface area contributed by atoms with E-state index in [9.17, 15) is 0 Å². The highest BCUT2D eigenvalue weighted by atomic mass is 16.5. The summed E-state index contributed by atoms with van der Waals surface area (Å²) in [6.45, 7) is 4.85. The van der Waals surface area contributed by atoms with Crippen molar-refractivity contribution in [3.05, 3.63) is 23.8 Å². The van der Waals surface area contributed by atoms with E-state index in [0.717, 1.165) is 36.4 Å². The van der Waals surface area contributed by atoms with E-state index in [1.54, 1.807) is 0 Å². The predicted octanol–water partition coefficient (Wildman–Crippen LogP) is 1.97. The molecule has 1 aliphatic rings. The smallest absolute Gasteiger partial charge is 0.184 e. The number of ether oxygens (including phenoxy) is 1. The molecule has 0 saturated carbocycles. The summed E-state index contributed by atoms with van der Waals surface area (Å²) in [5, 5.41) is 12.2. The van der Waals surface area contributed by atoms with Crippen LogP contribution in [0.15, 0.2) is 18.2 Å². The normalized spacial score (nSPS) is 22.9. The second kappa shape index (κ2) is 5.20. The first-order valence-electron chi connectivity index (χ1n) is 6.91. The van der Waals surface area contributed by atoms with Crippen LogP contribution in [0.4, 0.5) is 5.69 Å². The lowest BCUT2D eigenvalue weighted by Crippen LogP contribution is -2.26. The molecule has 0 spiro atoms. The quantitative estimate of drug-likeness (QED) is 0.846. The molecule has 2 atom stereocenters. The van der Waals surface area contributed by atoms with Gasteiger partial charge in [-0.25, -0.2) is 4.68 Å². The minimum Gasteiger partial charge on any atom is -0.398 e. The van der Waals surface area contributed by atoms with Gasteiger partial charge in [0, 0.05) is 17.9 Å². The van der Waals surface area contributed by atoms with Crippen molar-refractivity contribution in [1.29, 1.82) is 0 Å². The molecule has 1 saturated heterocycles. The Bertz CT molecular complexity index is 589. The molecule has 2 heterocycles. The largest absolute Gasteiger partial charge is 0.398 e. The fourth-order valence-electron chi connectivity index (χ4n) is 2.80. The molecule has 20 heavy (non-hydrogen) atoms. The van der Waals surface area contributed by atoms with Crippen molar-refractivity contribution >= 4 is 5.69 Å². The van der Waals surface area contributed by atoms with Crippen LogP contribution in [0, 0.1) is 6.92 Å². The number of hydrogen-bond donors (Lipinski definition) is 1. The zero-order valence-electron chi connectivity index (χ0n) is 11.8. The zero-order valence-corrected chi connectivity index (χ0v) is 11.8. The van der Waals surface area contributed by atoms with Gasteiger partial charge in [0.25, 0.3) is 0 Å². The molecule has 2 unspecified atom stereocenters. The first-order chi connectivity index (χ1) is 9.66. The molecule has 106 valence electrons. The Morgan fingerprint density at radius 3 is 3.00 bits per heavy atom. The minimum absolute atomic E-state index is 0.236. The zero-order chi connectivity index (χ0) is 14.1. The Balaban J connectivity index is 2.02. The van der Waals surface area contributed by atoms with Crippen LogP contribution < -0.4 is 5.73 Å². The van der Waals surface area contributed by atoms with E-state index in [1.165, 1.54) is 0 Å². The van der Waals surface area contributed by atoms with Gasteiger partial charge in [-0.3, -0.25) is 0 Å². The Hall–Kier alpha value is -1.95. The van der Waals surface area contributed by atoms with Gasteiger partial charge in [-0.05, 0) is 48.7 Å². The Morgan fingerprint density at radius 2 is 2.25 bits per heavy atom. The van der Waals surface area contributed by atoms with Crippen molar-refractivity contribution in [2.45, 2.75) is 38.8 Å². The lowest BCUT2D eigenvalue weighted by molar-refractivity contribution is 0.00350. The molecule has 1 aromatic carbocycles. The van der Waals surface area contributed by atoms with E-state index >= 15 is 0 Å². The average molecular weight is 273 g/mol. The van der Waals surface area contributed by atoms with Gasteiger partial charge in [-0.1, -0.05) is 12.1 Å². The van der Waals surface area contributed by atoms with Gasteiger partial charge in [0.2, 0.25) is 0 Å². The Labute approximate surface area is 117 Å². The van der Waals surface area contributed by atoms with Crippen molar-refractivity contribution in [2.75, 3.05) is 12.3 Å². The summed E-state index contributed by atoms with van der Waals surface area (Å²) in [5.41, 5.74) is 8.83. The van der Waals surface area contributed by atoms with E-state index in [-0.39, 0.29) is 12.1 Å². The molecule has 0 aliphatic carbocycles. The van der Waals surface area contributed by atoms with Gasteiger partial charge in [0.05, 0.1) is 12.1 Å². The molecule has 6 heteroatoms. The fourth-order valence-corrected chi connectivity index (χ4v) is 2.80. The minimum atomic E-state index is 0.236. The molecule has 1 fully saturated rings. The standard InChI is InChI=1S/C14H19N5O/c1-9-4-3-5-12(15)13(9)14-16-17-18-19(14)11-6-7-20-10(2)8-11/h3-5,10-11H,6-8,15H2,1-2H3. The third kappa shape index (κ3) is 2.27. The number of nitrogen functional groups attached to an aromatic ring is 1. The summed E-state index contributed by atoms with van der Waals surface area (Å²) in [6.07, 6.45) is 2.08. The number of aromatic nitrogens is 4. The molecular formula is C14H19N5O. The fraction of sp³-hybridized carbons (Fsp3) is 0.500. The van der Waals surface area contributed by atoms with Crippen LogP contribution in [0.2, 0.25) is 0 Å². The van der Waals surface area contributed by atoms with Crippen molar-refractivity contribution in [3.8, 4) is 11.4 Å². The third-order valence-electron chi connectivity index (χ3n) is 3.82. The van der Waals surface area contributed by atoms with Crippen LogP contribution in [0.25, 0.3) is 11.4 Å². The van der Waals surface area contributed by atoms with E-state index in [4.69, 9.17) is 10.5 Å². The molecule has 0 bridgehead atoms. The van der Waals surface area contributed by atoms with E-state index < -0.39 is 0 Å². The number of nitrogens with zero attached hydrogens (tertiary/aromatic N) is 4. The molecule has 0 radical (unpaired) electrons. The van der Waals surface area contributed by atoms with Crippen LogP contribution in [0.3, 0.4) is 0 Å². The Kier molecular flexibility index (Phi) is 3.40. The van der Waals surface area contributed by atoms with Crippen molar-refractivity contribution in [1.82, 2.24) is 20.2 Å². The van der Waals surface area contributed by atoms with Gasteiger partial charge < -0.3 is 10.5 Å². The van der Waals surface area contributed by atoms with Gasteiger partial charge in [0.15, 0.2) is 5.82 Å². The van der Waals surface area contributed by atoms with Gasteiger partial charge in [-0.15, -0.1) is 5.10 Å². The summed E-state index contributed by atoms with van der Waals surface area (Å²) in [5.74, 6) is 0.750. The number of benzene rings is 1. The van der Waals surface area contributed by atoms with Crippen LogP contribution in [0.1, 0.15) is 31.4 Å². The van der Waals surface area contributed by atoms with Gasteiger partial charge >= 0.3 is 0 Å². The number of nitrogens with two attached hydrogens (primary N) is 1. The van der Waals surface area contributed by atoms with Crippen LogP contribution in [-0.4, -0.2) is 32.9 Å². The molecule has 6 nitrogen and oxygen atoms in total. The van der Waals surface area contributed by atoms with E-state index in [0.29, 0.717) is 5.69 Å². The Morgan fingerprint density at radius 1 is 1.40 bits per heavy atom. The maximum absolute atomic E-state index is 6.10. The van der Waals surface area contributed by atoms with Gasteiger partial charge in [0.1, 0.15) is 0 Å². The number of tetrazole rings is 1. The van der Waals surface area contributed by atoms with Crippen molar-refractivity contribution in [3.63, 3.8) is 0 Å². The number of anilines is 1. The first kappa shape index (κ1) is 13.1. The summed E-state index contributed by atoms with van der Waals surface area (Å²) in [6, 6.07) is 6.12. The van der Waals surface area contributed by atoms with Crippen LogP contribution in [-0.2, 0) is 4.74 Å². The van der Waals surface area contributed by atoms with Crippen LogP contribution >= 0.6 is 0 Å². The number of rotatable bonds is 2. The summed E-state index contributed by atoms with van der Waals surface area (Å²) in [7, 11) is 0. The second-order valence-electron chi connectivity index (χ2n) is 5.35. The highest BCUT2D eigenvalue weighted by molar-refractivity contribution is 5.74. The highest BCUT2D eigenvalue weighted by Gasteiger charge is 2.25. The van der Waals surface area contributed by atoms with Crippen molar-refractivity contribution in [2.24, 2.45) is 0 Å². The number of aryl methyl sites for hydroxylation is 1. The molecule has 1 aromatic heterocycles. The van der Waals surface area contributed by atoms with Crippen molar-refractivity contribution < 1.29 is 4.74 Å². The van der Waals surface area contributed by atoms with E-state index in [2.05, 4.69) is 22.4 Å². The SMILES string of the molecule is Cc1cccc(N)c1-c1nnnn1C1CCOC(C)C1. The molecular weight excluding hydrogens is 254 g/mol. The number of hydrogen-bond acceptors (Lipinski definition) is 5. The maximum Gasteiger partial charge on any atom is 0.184 e. The van der Waals surface area contributed by atoms with Gasteiger partial charge in [-0.2, -0.15) is 0 Å². The van der Waals surface area contributed by atoms with Crippen LogP contribution in [0.5, 0.6) is 0 Å². The lowest BCUT2D eigenvalue weighted by Gasteiger charge is -2.27. The topological polar surface area (TPSA) is 78.9 Å². The molecule has 1 aliphatic heterocycles. The van der Waals surface area contributed by atoms with E-state index in [1.807, 2.05) is 29.8 Å². The highest BCUT2D eigenvalue weighted by Crippen LogP contribution is 2.32. The molecule has 2 N–H and O–H groups in total.